The van der Waals surface area contributed by atoms with Gasteiger partial charge in [-0.3, -0.25) is 0 Å². The van der Waals surface area contributed by atoms with E-state index in [1.165, 1.54) is 0 Å². The molecule has 3 unspecified atom stereocenters. The maximum Gasteiger partial charge on any atom is 0.407 e. The summed E-state index contributed by atoms with van der Waals surface area (Å²) in [7, 11) is 0. The van der Waals surface area contributed by atoms with E-state index in [4.69, 9.17) is 9.47 Å². The van der Waals surface area contributed by atoms with Crippen molar-refractivity contribution in [2.24, 2.45) is 5.92 Å². The van der Waals surface area contributed by atoms with Crippen LogP contribution < -0.4 is 10.6 Å². The average molecular weight is 300 g/mol. The predicted molar refractivity (Wildman–Crippen MR) is 84.4 cm³/mol. The van der Waals surface area contributed by atoms with Crippen molar-refractivity contribution in [3.8, 4) is 0 Å². The Hall–Kier alpha value is -0.810. The SMILES string of the molecule is CC(CNC(=O)OC(C)(C)C)NC1CCOC(C(C)C)C1. The summed E-state index contributed by atoms with van der Waals surface area (Å²) in [5.41, 5.74) is -0.452. The highest BCUT2D eigenvalue weighted by Crippen LogP contribution is 2.20. The van der Waals surface area contributed by atoms with E-state index < -0.39 is 5.60 Å². The van der Waals surface area contributed by atoms with Crippen LogP contribution in [0.2, 0.25) is 0 Å². The minimum absolute atomic E-state index is 0.216. The molecule has 1 heterocycles. The Morgan fingerprint density at radius 1 is 1.33 bits per heavy atom. The molecule has 1 saturated heterocycles. The Bertz CT molecular complexity index is 326. The van der Waals surface area contributed by atoms with E-state index in [1.54, 1.807) is 0 Å². The Kier molecular flexibility index (Phi) is 6.94. The van der Waals surface area contributed by atoms with Gasteiger partial charge in [0.05, 0.1) is 6.10 Å². The fourth-order valence-electron chi connectivity index (χ4n) is 2.46. The zero-order valence-corrected chi connectivity index (χ0v) is 14.4. The first-order valence-corrected chi connectivity index (χ1v) is 8.02. The molecule has 5 heteroatoms. The molecular weight excluding hydrogens is 268 g/mol. The Morgan fingerprint density at radius 2 is 2.00 bits per heavy atom. The third-order valence-corrected chi connectivity index (χ3v) is 3.53. The van der Waals surface area contributed by atoms with E-state index in [-0.39, 0.29) is 12.1 Å². The lowest BCUT2D eigenvalue weighted by Gasteiger charge is -2.34. The number of amides is 1. The highest BCUT2D eigenvalue weighted by atomic mass is 16.6. The van der Waals surface area contributed by atoms with Gasteiger partial charge in [0.25, 0.3) is 0 Å². The molecule has 5 nitrogen and oxygen atoms in total. The van der Waals surface area contributed by atoms with Gasteiger partial charge in [0, 0.05) is 25.2 Å². The summed E-state index contributed by atoms with van der Waals surface area (Å²) in [5.74, 6) is 0.546. The highest BCUT2D eigenvalue weighted by molar-refractivity contribution is 5.67. The fourth-order valence-corrected chi connectivity index (χ4v) is 2.46. The summed E-state index contributed by atoms with van der Waals surface area (Å²) in [5, 5.41) is 6.38. The second kappa shape index (κ2) is 7.99. The molecule has 0 aromatic carbocycles. The number of rotatable bonds is 5. The van der Waals surface area contributed by atoms with E-state index in [0.29, 0.717) is 24.6 Å². The summed E-state index contributed by atoms with van der Waals surface area (Å²) in [6, 6.07) is 0.676. The lowest BCUT2D eigenvalue weighted by molar-refractivity contribution is -0.0256. The quantitative estimate of drug-likeness (QED) is 0.819. The molecule has 0 spiro atoms. The standard InChI is InChI=1S/C16H32N2O3/c1-11(2)14-9-13(7-8-20-14)18-12(3)10-17-15(19)21-16(4,5)6/h11-14,18H,7-10H2,1-6H3,(H,17,19). The van der Waals surface area contributed by atoms with Crippen molar-refractivity contribution in [2.75, 3.05) is 13.2 Å². The molecule has 1 amide bonds. The van der Waals surface area contributed by atoms with Crippen LogP contribution in [0, 0.1) is 5.92 Å². The molecule has 1 aliphatic heterocycles. The molecule has 2 N–H and O–H groups in total. The molecule has 1 rings (SSSR count). The number of hydrogen-bond acceptors (Lipinski definition) is 4. The first kappa shape index (κ1) is 18.2. The van der Waals surface area contributed by atoms with Gasteiger partial charge in [-0.2, -0.15) is 0 Å². The van der Waals surface area contributed by atoms with Gasteiger partial charge in [0.2, 0.25) is 0 Å². The summed E-state index contributed by atoms with van der Waals surface area (Å²) < 4.78 is 11.0. The van der Waals surface area contributed by atoms with Gasteiger partial charge in [-0.1, -0.05) is 13.8 Å². The molecule has 1 fully saturated rings. The number of alkyl carbamates (subject to hydrolysis) is 1. The van der Waals surface area contributed by atoms with Gasteiger partial charge in [-0.25, -0.2) is 4.79 Å². The van der Waals surface area contributed by atoms with E-state index in [0.717, 1.165) is 19.4 Å². The lowest BCUT2D eigenvalue weighted by Crippen LogP contribution is -2.48. The molecule has 0 aliphatic carbocycles. The highest BCUT2D eigenvalue weighted by Gasteiger charge is 2.25. The van der Waals surface area contributed by atoms with Gasteiger partial charge in [-0.15, -0.1) is 0 Å². The van der Waals surface area contributed by atoms with Crippen molar-refractivity contribution >= 4 is 6.09 Å². The largest absolute Gasteiger partial charge is 0.444 e. The number of carbonyl (C=O) groups excluding carboxylic acids is 1. The van der Waals surface area contributed by atoms with Crippen LogP contribution in [-0.2, 0) is 9.47 Å². The second-order valence-corrected chi connectivity index (χ2v) is 7.33. The van der Waals surface area contributed by atoms with Gasteiger partial charge < -0.3 is 20.1 Å². The molecule has 0 aromatic heterocycles. The van der Waals surface area contributed by atoms with Crippen molar-refractivity contribution in [2.45, 2.75) is 78.2 Å². The van der Waals surface area contributed by atoms with Crippen molar-refractivity contribution in [3.63, 3.8) is 0 Å². The molecular formula is C16H32N2O3. The molecule has 124 valence electrons. The minimum atomic E-state index is -0.452. The maximum absolute atomic E-state index is 11.6. The maximum atomic E-state index is 11.6. The van der Waals surface area contributed by atoms with Crippen molar-refractivity contribution in [1.82, 2.24) is 10.6 Å². The van der Waals surface area contributed by atoms with Crippen LogP contribution in [0.5, 0.6) is 0 Å². The summed E-state index contributed by atoms with van der Waals surface area (Å²) in [6.45, 7) is 13.4. The van der Waals surface area contributed by atoms with E-state index in [2.05, 4.69) is 31.4 Å². The topological polar surface area (TPSA) is 59.6 Å². The number of nitrogens with one attached hydrogen (secondary N) is 2. The zero-order chi connectivity index (χ0) is 16.0. The normalized spacial score (nSPS) is 24.7. The van der Waals surface area contributed by atoms with Gasteiger partial charge in [0.15, 0.2) is 0 Å². The van der Waals surface area contributed by atoms with Crippen molar-refractivity contribution < 1.29 is 14.3 Å². The second-order valence-electron chi connectivity index (χ2n) is 7.33. The number of carbonyl (C=O) groups is 1. The Balaban J connectivity index is 2.27. The number of hydrogen-bond donors (Lipinski definition) is 2. The first-order valence-electron chi connectivity index (χ1n) is 8.02. The smallest absolute Gasteiger partial charge is 0.407 e. The number of ether oxygens (including phenoxy) is 2. The van der Waals surface area contributed by atoms with E-state index >= 15 is 0 Å². The van der Waals surface area contributed by atoms with E-state index in [1.807, 2.05) is 20.8 Å². The van der Waals surface area contributed by atoms with Crippen LogP contribution >= 0.6 is 0 Å². The molecule has 1 aliphatic rings. The molecule has 0 aromatic rings. The van der Waals surface area contributed by atoms with Gasteiger partial charge >= 0.3 is 6.09 Å². The van der Waals surface area contributed by atoms with Crippen LogP contribution in [0.1, 0.15) is 54.4 Å². The van der Waals surface area contributed by atoms with Crippen LogP contribution in [0.15, 0.2) is 0 Å². The van der Waals surface area contributed by atoms with Crippen LogP contribution in [0.25, 0.3) is 0 Å². The molecule has 0 saturated carbocycles. The minimum Gasteiger partial charge on any atom is -0.444 e. The third kappa shape index (κ3) is 7.67. The predicted octanol–water partition coefficient (Wildman–Crippen LogP) is 2.69. The van der Waals surface area contributed by atoms with E-state index in [9.17, 15) is 4.79 Å². The van der Waals surface area contributed by atoms with Crippen LogP contribution in [0.4, 0.5) is 4.79 Å². The summed E-state index contributed by atoms with van der Waals surface area (Å²) in [6.07, 6.45) is 2.04. The van der Waals surface area contributed by atoms with Gasteiger partial charge in [-0.05, 0) is 46.5 Å². The Labute approximate surface area is 129 Å². The first-order chi connectivity index (χ1) is 9.67. The van der Waals surface area contributed by atoms with Crippen molar-refractivity contribution in [3.05, 3.63) is 0 Å². The van der Waals surface area contributed by atoms with Crippen molar-refractivity contribution in [1.29, 1.82) is 0 Å². The summed E-state index contributed by atoms with van der Waals surface area (Å²) in [4.78, 5) is 11.6. The zero-order valence-electron chi connectivity index (χ0n) is 14.4. The lowest BCUT2D eigenvalue weighted by atomic mass is 9.95. The molecule has 21 heavy (non-hydrogen) atoms. The third-order valence-electron chi connectivity index (χ3n) is 3.53. The molecule has 0 bridgehead atoms. The monoisotopic (exact) mass is 300 g/mol. The molecule has 3 atom stereocenters. The fraction of sp³-hybridized carbons (Fsp3) is 0.938. The van der Waals surface area contributed by atoms with Crippen LogP contribution in [0.3, 0.4) is 0 Å². The van der Waals surface area contributed by atoms with Gasteiger partial charge in [0.1, 0.15) is 5.60 Å². The Morgan fingerprint density at radius 3 is 2.57 bits per heavy atom. The van der Waals surface area contributed by atoms with Crippen LogP contribution in [-0.4, -0.2) is 43.0 Å². The summed E-state index contributed by atoms with van der Waals surface area (Å²) >= 11 is 0. The average Bonchev–Trinajstić information content (AvgIpc) is 2.34. The molecule has 0 radical (unpaired) electrons.